The Hall–Kier alpha value is -1.38. The fourth-order valence-electron chi connectivity index (χ4n) is 3.65. The van der Waals surface area contributed by atoms with Gasteiger partial charge in [0.05, 0.1) is 5.41 Å². The van der Waals surface area contributed by atoms with Crippen LogP contribution < -0.4 is 0 Å². The van der Waals surface area contributed by atoms with Crippen LogP contribution in [0.1, 0.15) is 38.7 Å². The molecule has 0 aromatic heterocycles. The lowest BCUT2D eigenvalue weighted by Gasteiger charge is -2.37. The van der Waals surface area contributed by atoms with Crippen molar-refractivity contribution in [2.24, 2.45) is 11.8 Å². The Balaban J connectivity index is 1.81. The lowest BCUT2D eigenvalue weighted by Crippen LogP contribution is -2.47. The molecule has 1 saturated heterocycles. The largest absolute Gasteiger partial charge is 0.341 e. The highest BCUT2D eigenvalue weighted by Crippen LogP contribution is 2.50. The molecule has 2 fully saturated rings. The van der Waals surface area contributed by atoms with E-state index in [0.29, 0.717) is 11.8 Å². The summed E-state index contributed by atoms with van der Waals surface area (Å²) in [4.78, 5) is 14.9. The number of likely N-dealkylation sites (tertiary alicyclic amines) is 1. The Kier molecular flexibility index (Phi) is 3.31. The summed E-state index contributed by atoms with van der Waals surface area (Å²) in [7, 11) is 0. The number of amides is 1. The predicted molar refractivity (Wildman–Crippen MR) is 76.8 cm³/mol. The van der Waals surface area contributed by atoms with E-state index in [1.807, 2.05) is 4.90 Å². The number of hydrogen-bond acceptors (Lipinski definition) is 1. The van der Waals surface area contributed by atoms with Crippen LogP contribution in [0.5, 0.6) is 0 Å². The zero-order valence-corrected chi connectivity index (χ0v) is 12.2. The molecule has 2 unspecified atom stereocenters. The number of rotatable bonds is 2. The lowest BCUT2D eigenvalue weighted by molar-refractivity contribution is -0.136. The number of piperidine rings is 1. The van der Waals surface area contributed by atoms with Crippen molar-refractivity contribution in [2.45, 2.75) is 38.5 Å². The predicted octanol–water partition coefficient (Wildman–Crippen LogP) is 3.36. The molecule has 1 aromatic carbocycles. The molecule has 1 amide bonds. The molecule has 0 N–H and O–H groups in total. The van der Waals surface area contributed by atoms with Crippen molar-refractivity contribution in [1.29, 1.82) is 0 Å². The summed E-state index contributed by atoms with van der Waals surface area (Å²) in [6.45, 7) is 6.17. The Morgan fingerprint density at radius 2 is 1.70 bits per heavy atom. The van der Waals surface area contributed by atoms with Gasteiger partial charge in [-0.05, 0) is 48.8 Å². The quantitative estimate of drug-likeness (QED) is 0.810. The summed E-state index contributed by atoms with van der Waals surface area (Å²) < 4.78 is 13.1. The van der Waals surface area contributed by atoms with Crippen LogP contribution in [0.4, 0.5) is 4.39 Å². The first-order valence-electron chi connectivity index (χ1n) is 7.57. The number of carbonyl (C=O) groups is 1. The van der Waals surface area contributed by atoms with Crippen molar-refractivity contribution in [2.75, 3.05) is 13.1 Å². The first-order chi connectivity index (χ1) is 9.51. The molecule has 0 bridgehead atoms. The van der Waals surface area contributed by atoms with Gasteiger partial charge in [-0.3, -0.25) is 4.79 Å². The Morgan fingerprint density at radius 3 is 2.20 bits per heavy atom. The van der Waals surface area contributed by atoms with E-state index in [-0.39, 0.29) is 17.1 Å². The normalized spacial score (nSPS) is 28.2. The molecule has 20 heavy (non-hydrogen) atoms. The summed E-state index contributed by atoms with van der Waals surface area (Å²) in [6.07, 6.45) is 3.00. The molecule has 2 nitrogen and oxygen atoms in total. The topological polar surface area (TPSA) is 20.3 Å². The Morgan fingerprint density at radius 1 is 1.15 bits per heavy atom. The van der Waals surface area contributed by atoms with Crippen LogP contribution in [0.15, 0.2) is 24.3 Å². The minimum atomic E-state index is -0.357. The smallest absolute Gasteiger partial charge is 0.233 e. The van der Waals surface area contributed by atoms with E-state index >= 15 is 0 Å². The van der Waals surface area contributed by atoms with Crippen molar-refractivity contribution in [1.82, 2.24) is 4.90 Å². The highest BCUT2D eigenvalue weighted by atomic mass is 19.1. The molecule has 2 aliphatic rings. The van der Waals surface area contributed by atoms with Crippen LogP contribution in [0.2, 0.25) is 0 Å². The van der Waals surface area contributed by atoms with Gasteiger partial charge in [-0.15, -0.1) is 0 Å². The van der Waals surface area contributed by atoms with E-state index in [4.69, 9.17) is 0 Å². The van der Waals surface area contributed by atoms with E-state index in [1.165, 1.54) is 18.6 Å². The number of halogens is 1. The van der Waals surface area contributed by atoms with Gasteiger partial charge >= 0.3 is 0 Å². The highest BCUT2D eigenvalue weighted by Gasteiger charge is 2.53. The Labute approximate surface area is 120 Å². The van der Waals surface area contributed by atoms with Crippen LogP contribution in [0.25, 0.3) is 0 Å². The summed E-state index contributed by atoms with van der Waals surface area (Å²) in [5.74, 6) is 1.16. The van der Waals surface area contributed by atoms with Crippen molar-refractivity contribution in [3.63, 3.8) is 0 Å². The fourth-order valence-corrected chi connectivity index (χ4v) is 3.65. The van der Waals surface area contributed by atoms with Crippen LogP contribution in [-0.2, 0) is 10.2 Å². The Bertz CT molecular complexity index is 496. The molecule has 0 radical (unpaired) electrons. The monoisotopic (exact) mass is 275 g/mol. The maximum Gasteiger partial charge on any atom is 0.233 e. The summed E-state index contributed by atoms with van der Waals surface area (Å²) >= 11 is 0. The number of benzene rings is 1. The van der Waals surface area contributed by atoms with Crippen LogP contribution in [0, 0.1) is 17.7 Å². The summed E-state index contributed by atoms with van der Waals surface area (Å²) in [5, 5.41) is 0. The maximum absolute atomic E-state index is 13.1. The molecule has 3 rings (SSSR count). The highest BCUT2D eigenvalue weighted by molar-refractivity contribution is 5.91. The van der Waals surface area contributed by atoms with Crippen molar-refractivity contribution >= 4 is 5.91 Å². The molecule has 1 saturated carbocycles. The second-order valence-electron chi connectivity index (χ2n) is 6.75. The van der Waals surface area contributed by atoms with Gasteiger partial charge in [0.1, 0.15) is 5.82 Å². The molecule has 1 heterocycles. The van der Waals surface area contributed by atoms with E-state index in [2.05, 4.69) is 13.8 Å². The van der Waals surface area contributed by atoms with Crippen LogP contribution >= 0.6 is 0 Å². The van der Waals surface area contributed by atoms with Crippen molar-refractivity contribution in [3.05, 3.63) is 35.6 Å². The van der Waals surface area contributed by atoms with Gasteiger partial charge in [-0.1, -0.05) is 26.0 Å². The lowest BCUT2D eigenvalue weighted by atomic mass is 9.88. The average molecular weight is 275 g/mol. The van der Waals surface area contributed by atoms with Gasteiger partial charge in [0.25, 0.3) is 0 Å². The molecular weight excluding hydrogens is 253 g/mol. The summed E-state index contributed by atoms with van der Waals surface area (Å²) in [5.41, 5.74) is 0.625. The molecule has 108 valence electrons. The van der Waals surface area contributed by atoms with Crippen LogP contribution in [-0.4, -0.2) is 23.9 Å². The van der Waals surface area contributed by atoms with Gasteiger partial charge in [0.2, 0.25) is 5.91 Å². The standard InChI is InChI=1S/C17H22FNO/c1-12-9-13(2)11-19(10-12)16(20)17(7-8-17)14-3-5-15(18)6-4-14/h3-6,12-13H,7-11H2,1-2H3. The summed E-state index contributed by atoms with van der Waals surface area (Å²) in [6, 6.07) is 6.47. The number of carbonyl (C=O) groups excluding carboxylic acids is 1. The second kappa shape index (κ2) is 4.87. The van der Waals surface area contributed by atoms with E-state index < -0.39 is 0 Å². The van der Waals surface area contributed by atoms with Crippen molar-refractivity contribution in [3.8, 4) is 0 Å². The molecule has 1 aliphatic carbocycles. The van der Waals surface area contributed by atoms with Gasteiger partial charge < -0.3 is 4.90 Å². The first kappa shape index (κ1) is 13.6. The van der Waals surface area contributed by atoms with Gasteiger partial charge in [-0.2, -0.15) is 0 Å². The van der Waals surface area contributed by atoms with E-state index in [9.17, 15) is 9.18 Å². The van der Waals surface area contributed by atoms with Gasteiger partial charge in [0, 0.05) is 13.1 Å². The molecule has 2 atom stereocenters. The van der Waals surface area contributed by atoms with Gasteiger partial charge in [-0.25, -0.2) is 4.39 Å². The number of hydrogen-bond donors (Lipinski definition) is 0. The SMILES string of the molecule is CC1CC(C)CN(C(=O)C2(c3ccc(F)cc3)CC2)C1. The maximum atomic E-state index is 13.1. The zero-order valence-electron chi connectivity index (χ0n) is 12.2. The molecule has 3 heteroatoms. The van der Waals surface area contributed by atoms with Crippen molar-refractivity contribution < 1.29 is 9.18 Å². The van der Waals surface area contributed by atoms with Gasteiger partial charge in [0.15, 0.2) is 0 Å². The third-order valence-corrected chi connectivity index (χ3v) is 4.71. The fraction of sp³-hybridized carbons (Fsp3) is 0.588. The van der Waals surface area contributed by atoms with Crippen LogP contribution in [0.3, 0.4) is 0 Å². The first-order valence-corrected chi connectivity index (χ1v) is 7.57. The minimum Gasteiger partial charge on any atom is -0.341 e. The van der Waals surface area contributed by atoms with E-state index in [0.717, 1.165) is 31.5 Å². The van der Waals surface area contributed by atoms with E-state index in [1.54, 1.807) is 12.1 Å². The molecule has 1 aliphatic heterocycles. The third kappa shape index (κ3) is 2.34. The molecular formula is C17H22FNO. The minimum absolute atomic E-state index is 0.239. The molecule has 0 spiro atoms. The zero-order chi connectivity index (χ0) is 14.3. The second-order valence-corrected chi connectivity index (χ2v) is 6.75. The third-order valence-electron chi connectivity index (χ3n) is 4.71. The number of nitrogens with zero attached hydrogens (tertiary/aromatic N) is 1. The average Bonchev–Trinajstić information content (AvgIpc) is 3.19. The molecule has 1 aromatic rings.